The van der Waals surface area contributed by atoms with E-state index >= 15 is 0 Å². The fraction of sp³-hybridized carbons (Fsp3) is 0.500. The van der Waals surface area contributed by atoms with Crippen LogP contribution in [0.1, 0.15) is 41.6 Å². The lowest BCUT2D eigenvalue weighted by Gasteiger charge is -2.35. The molecule has 2 aliphatic heterocycles. The number of piperidine rings is 1. The first-order valence-corrected chi connectivity index (χ1v) is 11.6. The van der Waals surface area contributed by atoms with E-state index in [9.17, 15) is 9.18 Å². The molecule has 1 unspecified atom stereocenters. The minimum absolute atomic E-state index is 0.00624. The number of carbonyl (C=O) groups excluding carboxylic acids is 1. The van der Waals surface area contributed by atoms with Crippen molar-refractivity contribution in [3.63, 3.8) is 0 Å². The summed E-state index contributed by atoms with van der Waals surface area (Å²) in [5.74, 6) is 0.896. The van der Waals surface area contributed by atoms with E-state index < -0.39 is 0 Å². The molecule has 32 heavy (non-hydrogen) atoms. The van der Waals surface area contributed by atoms with Gasteiger partial charge in [-0.2, -0.15) is 0 Å². The van der Waals surface area contributed by atoms with Gasteiger partial charge in [-0.1, -0.05) is 30.3 Å². The molecule has 1 amide bonds. The van der Waals surface area contributed by atoms with Gasteiger partial charge in [-0.15, -0.1) is 0 Å². The van der Waals surface area contributed by atoms with Crippen LogP contribution in [0, 0.1) is 11.7 Å². The summed E-state index contributed by atoms with van der Waals surface area (Å²) in [5.41, 5.74) is 1.35. The molecule has 2 aliphatic rings. The number of likely N-dealkylation sites (tertiary alicyclic amines) is 1. The Labute approximate surface area is 190 Å². The maximum Gasteiger partial charge on any atom is 0.257 e. The van der Waals surface area contributed by atoms with Crippen LogP contribution in [-0.4, -0.2) is 61.7 Å². The quantitative estimate of drug-likeness (QED) is 0.611. The third-order valence-electron chi connectivity index (χ3n) is 6.61. The van der Waals surface area contributed by atoms with Gasteiger partial charge in [0.15, 0.2) is 0 Å². The van der Waals surface area contributed by atoms with Crippen LogP contribution in [0.5, 0.6) is 5.75 Å². The number of hydrogen-bond acceptors (Lipinski definition) is 4. The summed E-state index contributed by atoms with van der Waals surface area (Å²) in [5, 5.41) is 0. The topological polar surface area (TPSA) is 42.0 Å². The number of hydrogen-bond donors (Lipinski definition) is 0. The Hall–Kier alpha value is -2.44. The first-order chi connectivity index (χ1) is 15.6. The third kappa shape index (κ3) is 5.67. The molecule has 2 saturated heterocycles. The molecule has 0 saturated carbocycles. The molecule has 0 spiro atoms. The minimum Gasteiger partial charge on any atom is -0.496 e. The summed E-state index contributed by atoms with van der Waals surface area (Å²) in [4.78, 5) is 17.7. The Bertz CT molecular complexity index is 892. The number of nitrogens with zero attached hydrogens (tertiary/aromatic N) is 2. The summed E-state index contributed by atoms with van der Waals surface area (Å²) >= 11 is 0. The van der Waals surface area contributed by atoms with Crippen LogP contribution in [0.3, 0.4) is 0 Å². The summed E-state index contributed by atoms with van der Waals surface area (Å²) in [7, 11) is 1.60. The molecule has 0 radical (unpaired) electrons. The van der Waals surface area contributed by atoms with Crippen LogP contribution in [-0.2, 0) is 11.3 Å². The highest BCUT2D eigenvalue weighted by molar-refractivity contribution is 5.97. The van der Waals surface area contributed by atoms with Gasteiger partial charge in [0, 0.05) is 31.8 Å². The standard InChI is InChI=1S/C26H33FN2O3/c1-31-25-11-5-3-9-23(25)26(30)29(19-22-8-6-16-32-22)17-20-12-14-28(15-13-20)18-21-7-2-4-10-24(21)27/h2-5,7,9-11,20,22H,6,8,12-19H2,1H3. The molecule has 2 heterocycles. The van der Waals surface area contributed by atoms with Crippen LogP contribution in [0.4, 0.5) is 4.39 Å². The lowest BCUT2D eigenvalue weighted by Crippen LogP contribution is -2.43. The summed E-state index contributed by atoms with van der Waals surface area (Å²) in [6, 6.07) is 14.4. The first kappa shape index (κ1) is 22.7. The number of halogens is 1. The van der Waals surface area contributed by atoms with Gasteiger partial charge in [-0.3, -0.25) is 9.69 Å². The van der Waals surface area contributed by atoms with Gasteiger partial charge < -0.3 is 14.4 Å². The highest BCUT2D eigenvalue weighted by Crippen LogP contribution is 2.25. The Balaban J connectivity index is 1.39. The minimum atomic E-state index is -0.139. The maximum absolute atomic E-state index is 14.0. The lowest BCUT2D eigenvalue weighted by atomic mass is 9.95. The molecule has 6 heteroatoms. The van der Waals surface area contributed by atoms with Crippen LogP contribution in [0.15, 0.2) is 48.5 Å². The van der Waals surface area contributed by atoms with Crippen LogP contribution in [0.2, 0.25) is 0 Å². The second-order valence-electron chi connectivity index (χ2n) is 8.86. The van der Waals surface area contributed by atoms with Crippen molar-refractivity contribution < 1.29 is 18.7 Å². The van der Waals surface area contributed by atoms with E-state index in [1.54, 1.807) is 13.2 Å². The molecule has 4 rings (SSSR count). The van der Waals surface area contributed by atoms with Gasteiger partial charge in [0.25, 0.3) is 5.91 Å². The van der Waals surface area contributed by atoms with Gasteiger partial charge >= 0.3 is 0 Å². The maximum atomic E-state index is 14.0. The second-order valence-corrected chi connectivity index (χ2v) is 8.86. The van der Waals surface area contributed by atoms with Crippen molar-refractivity contribution in [2.75, 3.05) is 39.9 Å². The number of methoxy groups -OCH3 is 1. The summed E-state index contributed by atoms with van der Waals surface area (Å²) in [6.07, 6.45) is 4.15. The van der Waals surface area contributed by atoms with Gasteiger partial charge in [-0.25, -0.2) is 4.39 Å². The van der Waals surface area contributed by atoms with E-state index in [0.29, 0.717) is 36.9 Å². The van der Waals surface area contributed by atoms with E-state index in [-0.39, 0.29) is 17.8 Å². The van der Waals surface area contributed by atoms with Crippen molar-refractivity contribution in [2.45, 2.75) is 38.3 Å². The fourth-order valence-corrected chi connectivity index (χ4v) is 4.77. The van der Waals surface area contributed by atoms with Crippen molar-refractivity contribution >= 4 is 5.91 Å². The van der Waals surface area contributed by atoms with Crippen molar-refractivity contribution in [3.8, 4) is 5.75 Å². The van der Waals surface area contributed by atoms with Gasteiger partial charge in [0.1, 0.15) is 11.6 Å². The summed E-state index contributed by atoms with van der Waals surface area (Å²) in [6.45, 7) is 4.57. The Morgan fingerprint density at radius 1 is 1.09 bits per heavy atom. The normalized spacial score (nSPS) is 19.8. The average molecular weight is 441 g/mol. The SMILES string of the molecule is COc1ccccc1C(=O)N(CC1CCN(Cc2ccccc2F)CC1)CC1CCCO1. The van der Waals surface area contributed by atoms with Crippen LogP contribution >= 0.6 is 0 Å². The highest BCUT2D eigenvalue weighted by Gasteiger charge is 2.29. The van der Waals surface area contributed by atoms with Gasteiger partial charge in [-0.05, 0) is 62.9 Å². The van der Waals surface area contributed by atoms with E-state index in [1.165, 1.54) is 6.07 Å². The molecular weight excluding hydrogens is 407 g/mol. The first-order valence-electron chi connectivity index (χ1n) is 11.6. The predicted octanol–water partition coefficient (Wildman–Crippen LogP) is 4.37. The molecule has 2 aromatic rings. The number of ether oxygens (including phenoxy) is 2. The molecule has 0 N–H and O–H groups in total. The lowest BCUT2D eigenvalue weighted by molar-refractivity contribution is 0.0442. The number of rotatable bonds is 8. The second kappa shape index (κ2) is 10.9. The van der Waals surface area contributed by atoms with Gasteiger partial charge in [0.2, 0.25) is 0 Å². The van der Waals surface area contributed by atoms with Crippen LogP contribution < -0.4 is 4.74 Å². The zero-order valence-corrected chi connectivity index (χ0v) is 18.8. The molecule has 2 fully saturated rings. The smallest absolute Gasteiger partial charge is 0.257 e. The molecule has 0 aromatic heterocycles. The number of para-hydroxylation sites is 1. The van der Waals surface area contributed by atoms with E-state index in [4.69, 9.17) is 9.47 Å². The Morgan fingerprint density at radius 3 is 2.56 bits per heavy atom. The number of benzene rings is 2. The Morgan fingerprint density at radius 2 is 1.84 bits per heavy atom. The molecule has 0 bridgehead atoms. The average Bonchev–Trinajstić information content (AvgIpc) is 3.34. The molecule has 2 aromatic carbocycles. The van der Waals surface area contributed by atoms with Crippen molar-refractivity contribution in [1.82, 2.24) is 9.80 Å². The van der Waals surface area contributed by atoms with Crippen LogP contribution in [0.25, 0.3) is 0 Å². The van der Waals surface area contributed by atoms with E-state index in [2.05, 4.69) is 4.90 Å². The predicted molar refractivity (Wildman–Crippen MR) is 122 cm³/mol. The summed E-state index contributed by atoms with van der Waals surface area (Å²) < 4.78 is 25.3. The molecule has 172 valence electrons. The zero-order valence-electron chi connectivity index (χ0n) is 18.8. The zero-order chi connectivity index (χ0) is 22.3. The molecule has 5 nitrogen and oxygen atoms in total. The molecule has 1 atom stereocenters. The molecule has 0 aliphatic carbocycles. The fourth-order valence-electron chi connectivity index (χ4n) is 4.77. The van der Waals surface area contributed by atoms with Crippen molar-refractivity contribution in [2.24, 2.45) is 5.92 Å². The highest BCUT2D eigenvalue weighted by atomic mass is 19.1. The largest absolute Gasteiger partial charge is 0.496 e. The van der Waals surface area contributed by atoms with Crippen molar-refractivity contribution in [3.05, 3.63) is 65.5 Å². The van der Waals surface area contributed by atoms with Crippen molar-refractivity contribution in [1.29, 1.82) is 0 Å². The van der Waals surface area contributed by atoms with E-state index in [0.717, 1.165) is 50.9 Å². The van der Waals surface area contributed by atoms with E-state index in [1.807, 2.05) is 41.3 Å². The van der Waals surface area contributed by atoms with Gasteiger partial charge in [0.05, 0.1) is 18.8 Å². The Kier molecular flexibility index (Phi) is 7.76. The molecular formula is C26H33FN2O3. The third-order valence-corrected chi connectivity index (χ3v) is 6.61. The number of amides is 1. The monoisotopic (exact) mass is 440 g/mol. The number of carbonyl (C=O) groups is 1.